The Bertz CT molecular complexity index is 575. The van der Waals surface area contributed by atoms with Crippen LogP contribution in [-0.2, 0) is 0 Å². The molecule has 0 saturated carbocycles. The molecule has 0 fully saturated rings. The van der Waals surface area contributed by atoms with Crippen LogP contribution < -0.4 is 4.72 Å². The summed E-state index contributed by atoms with van der Waals surface area (Å²) in [6.45, 7) is 0. The summed E-state index contributed by atoms with van der Waals surface area (Å²) >= 11 is 0.651. The Morgan fingerprint density at radius 1 is 1.00 bits per heavy atom. The Kier molecular flexibility index (Phi) is 4.47. The highest BCUT2D eigenvalue weighted by Crippen LogP contribution is 2.06. The molecule has 0 spiro atoms. The highest BCUT2D eigenvalue weighted by atomic mass is 32.1. The van der Waals surface area contributed by atoms with Crippen LogP contribution in [0.3, 0.4) is 0 Å². The van der Waals surface area contributed by atoms with Gasteiger partial charge in [0.25, 0.3) is 5.91 Å². The maximum absolute atomic E-state index is 11.6. The van der Waals surface area contributed by atoms with Crippen molar-refractivity contribution in [2.45, 2.75) is 0 Å². The van der Waals surface area contributed by atoms with Crippen molar-refractivity contribution in [2.24, 2.45) is 4.99 Å². The molecule has 0 unspecified atom stereocenters. The molecule has 0 heterocycles. The van der Waals surface area contributed by atoms with Gasteiger partial charge in [-0.3, -0.25) is 4.79 Å². The molecule has 0 aliphatic carbocycles. The van der Waals surface area contributed by atoms with Crippen molar-refractivity contribution >= 4 is 28.3 Å². The van der Waals surface area contributed by atoms with Crippen molar-refractivity contribution in [2.75, 3.05) is 4.72 Å². The van der Waals surface area contributed by atoms with E-state index in [2.05, 4.69) is 14.9 Å². The summed E-state index contributed by atoms with van der Waals surface area (Å²) in [5.74, 6) is -0.280. The maximum atomic E-state index is 11.6. The highest BCUT2D eigenvalue weighted by Gasteiger charge is 1.99. The molecule has 2 aromatic carbocycles. The number of hydrogen-bond donors (Lipinski definition) is 2. The second kappa shape index (κ2) is 6.55. The Hall–Kier alpha value is -2.16. The van der Waals surface area contributed by atoms with Gasteiger partial charge < -0.3 is 4.72 Å². The van der Waals surface area contributed by atoms with Gasteiger partial charge in [-0.1, -0.05) is 36.4 Å². The van der Waals surface area contributed by atoms with Gasteiger partial charge >= 0.3 is 0 Å². The largest absolute Gasteiger partial charge is 0.331 e. The molecular weight excluding hydrogens is 244 g/mol. The summed E-state index contributed by atoms with van der Waals surface area (Å²) in [5, 5.41) is 2.67. The van der Waals surface area contributed by atoms with Gasteiger partial charge in [-0.05, 0) is 35.8 Å². The molecule has 0 atom stereocenters. The van der Waals surface area contributed by atoms with E-state index < -0.39 is 0 Å². The number of thiol groups is 1. The zero-order valence-electron chi connectivity index (χ0n) is 9.58. The number of nitrogens with one attached hydrogen (secondary N) is 1. The van der Waals surface area contributed by atoms with Crippen LogP contribution in [0.5, 0.6) is 0 Å². The van der Waals surface area contributed by atoms with Crippen molar-refractivity contribution < 1.29 is 4.79 Å². The number of carbonyl (C=O) groups is 1. The van der Waals surface area contributed by atoms with Gasteiger partial charge in [-0.15, -0.1) is 0 Å². The average Bonchev–Trinajstić information content (AvgIpc) is 2.45. The number of anilines is 1. The molecule has 0 bridgehead atoms. The van der Waals surface area contributed by atoms with Crippen LogP contribution >= 0.6 is 11.5 Å². The summed E-state index contributed by atoms with van der Waals surface area (Å²) in [6.07, 6.45) is 0. The second-order valence-electron chi connectivity index (χ2n) is 3.47. The molecule has 1 amide bonds. The fourth-order valence-electron chi connectivity index (χ4n) is 1.32. The van der Waals surface area contributed by atoms with Crippen LogP contribution in [0, 0.1) is 0 Å². The van der Waals surface area contributed by atoms with Crippen LogP contribution in [0.2, 0.25) is 0 Å². The maximum Gasteiger partial charge on any atom is 0.285 e. The lowest BCUT2D eigenvalue weighted by Crippen LogP contribution is -1.92. The van der Waals surface area contributed by atoms with E-state index in [1.807, 2.05) is 48.5 Å². The van der Waals surface area contributed by atoms with Gasteiger partial charge in [0, 0.05) is 16.4 Å². The third-order valence-electron chi connectivity index (χ3n) is 2.18. The molecule has 0 aliphatic heterocycles. The summed E-state index contributed by atoms with van der Waals surface area (Å²) in [5.41, 5.74) is 1.54. The lowest BCUT2D eigenvalue weighted by molar-refractivity contribution is 0.100. The molecule has 4 heteroatoms. The third kappa shape index (κ3) is 3.70. The summed E-state index contributed by atoms with van der Waals surface area (Å²) in [4.78, 5) is 15.3. The first kappa shape index (κ1) is 12.3. The highest BCUT2D eigenvalue weighted by molar-refractivity contribution is 7.98. The summed E-state index contributed by atoms with van der Waals surface area (Å²) < 4.78 is 3.07. The van der Waals surface area contributed by atoms with Crippen LogP contribution in [0.4, 0.5) is 5.69 Å². The van der Waals surface area contributed by atoms with E-state index in [0.717, 1.165) is 5.69 Å². The summed E-state index contributed by atoms with van der Waals surface area (Å²) in [7, 11) is 0. The molecule has 0 radical (unpaired) electrons. The topological polar surface area (TPSA) is 41.5 Å². The minimum absolute atomic E-state index is 0.280. The van der Waals surface area contributed by atoms with E-state index in [1.165, 1.54) is 0 Å². The van der Waals surface area contributed by atoms with Gasteiger partial charge in [0.05, 0.1) is 0 Å². The molecular formula is C14H12N2OS. The van der Waals surface area contributed by atoms with Crippen LogP contribution in [0.15, 0.2) is 65.7 Å². The minimum Gasteiger partial charge on any atom is -0.331 e. The van der Waals surface area contributed by atoms with Crippen molar-refractivity contribution in [3.05, 3.63) is 66.2 Å². The fourth-order valence-corrected chi connectivity index (χ4v) is 1.79. The number of rotatable bonds is 3. The smallest absolute Gasteiger partial charge is 0.285 e. The lowest BCUT2D eigenvalue weighted by Gasteiger charge is -1.96. The predicted molar refractivity (Wildman–Crippen MR) is 77.3 cm³/mol. The lowest BCUT2D eigenvalue weighted by atomic mass is 10.2. The predicted octanol–water partition coefficient (Wildman–Crippen LogP) is 3.22. The van der Waals surface area contributed by atoms with Gasteiger partial charge in [0.15, 0.2) is 0 Å². The number of benzene rings is 2. The van der Waals surface area contributed by atoms with E-state index in [0.29, 0.717) is 17.1 Å². The Morgan fingerprint density at radius 3 is 2.28 bits per heavy atom. The Balaban J connectivity index is 1.97. The molecule has 3 nitrogen and oxygen atoms in total. The molecule has 1 N–H and O–H groups in total. The van der Waals surface area contributed by atoms with Crippen molar-refractivity contribution in [3.63, 3.8) is 0 Å². The first-order valence-corrected chi connectivity index (χ1v) is 6.31. The van der Waals surface area contributed by atoms with Crippen molar-refractivity contribution in [1.82, 2.24) is 0 Å². The normalized spacial score (nSPS) is 9.33. The summed E-state index contributed by atoms with van der Waals surface area (Å²) in [6, 6.07) is 18.6. The molecule has 90 valence electrons. The fraction of sp³-hybridized carbons (Fsp3) is 0. The van der Waals surface area contributed by atoms with Crippen LogP contribution in [0.1, 0.15) is 10.4 Å². The zero-order chi connectivity index (χ0) is 12.6. The van der Waals surface area contributed by atoms with E-state index in [1.54, 1.807) is 12.1 Å². The van der Waals surface area contributed by atoms with Gasteiger partial charge in [-0.2, -0.15) is 4.99 Å². The van der Waals surface area contributed by atoms with Crippen LogP contribution in [0.25, 0.3) is 0 Å². The Labute approximate surface area is 109 Å². The zero-order valence-corrected chi connectivity index (χ0v) is 10.5. The molecule has 0 aliphatic rings. The number of carbonyl (C=O) groups excluding carboxylic acids is 1. The van der Waals surface area contributed by atoms with E-state index in [4.69, 9.17) is 0 Å². The van der Waals surface area contributed by atoms with Gasteiger partial charge in [0.2, 0.25) is 0 Å². The standard InChI is InChI=1S/C14H12N2OS/c17-14(12-7-3-1-4-8-12)15-11-18-16-13-9-5-2-6-10-13/h1-10,16,18H. The Morgan fingerprint density at radius 2 is 1.61 bits per heavy atom. The van der Waals surface area contributed by atoms with Gasteiger partial charge in [-0.25, -0.2) is 0 Å². The van der Waals surface area contributed by atoms with Gasteiger partial charge in [0.1, 0.15) is 0 Å². The molecule has 18 heavy (non-hydrogen) atoms. The van der Waals surface area contributed by atoms with E-state index >= 15 is 0 Å². The monoisotopic (exact) mass is 256 g/mol. The molecule has 2 aromatic rings. The van der Waals surface area contributed by atoms with Crippen LogP contribution in [-0.4, -0.2) is 11.1 Å². The molecule has 0 saturated heterocycles. The quantitative estimate of drug-likeness (QED) is 0.503. The molecule has 2 rings (SSSR count). The number of hydrogen-bond acceptors (Lipinski definition) is 2. The first-order chi connectivity index (χ1) is 8.86. The first-order valence-electron chi connectivity index (χ1n) is 5.42. The molecule has 0 aromatic heterocycles. The van der Waals surface area contributed by atoms with Crippen molar-refractivity contribution in [3.8, 4) is 0 Å². The SMILES string of the molecule is O=C(N=C=[SH]Nc1ccccc1)c1ccccc1. The second-order valence-corrected chi connectivity index (χ2v) is 4.12. The van der Waals surface area contributed by atoms with E-state index in [9.17, 15) is 4.79 Å². The number of aliphatic imine (C=N–C) groups is 1. The number of isothiocyanates is 1. The number of amides is 1. The third-order valence-corrected chi connectivity index (χ3v) is 2.75. The average molecular weight is 256 g/mol. The van der Waals surface area contributed by atoms with Crippen molar-refractivity contribution in [1.29, 1.82) is 0 Å². The van der Waals surface area contributed by atoms with E-state index in [-0.39, 0.29) is 5.91 Å². The minimum atomic E-state index is -0.280. The number of nitrogens with zero attached hydrogens (tertiary/aromatic N) is 1. The number of para-hydroxylation sites is 1.